The Kier molecular flexibility index (Phi) is 3.29. The summed E-state index contributed by atoms with van der Waals surface area (Å²) in [5, 5.41) is 5.41. The maximum absolute atomic E-state index is 5.56. The first-order valence-corrected chi connectivity index (χ1v) is 6.35. The number of aryl methyl sites for hydroxylation is 1. The van der Waals surface area contributed by atoms with E-state index in [1.54, 1.807) is 11.3 Å². The minimum Gasteiger partial charge on any atom is -0.452 e. The highest BCUT2D eigenvalue weighted by Gasteiger charge is 2.16. The largest absolute Gasteiger partial charge is 0.452 e. The number of halogens is 1. The van der Waals surface area contributed by atoms with Crippen LogP contribution in [0.1, 0.15) is 22.2 Å². The smallest absolute Gasteiger partial charge is 0.169 e. The van der Waals surface area contributed by atoms with Gasteiger partial charge in [-0.2, -0.15) is 0 Å². The fraction of sp³-hybridized carbons (Fsp3) is 0.273. The Bertz CT molecular complexity index is 409. The summed E-state index contributed by atoms with van der Waals surface area (Å²) in [4.78, 5) is 1.32. The molecule has 1 N–H and O–H groups in total. The third-order valence-corrected chi connectivity index (χ3v) is 3.56. The lowest BCUT2D eigenvalue weighted by Crippen LogP contribution is -2.16. The Hall–Kier alpha value is -0.580. The highest BCUT2D eigenvalue weighted by atomic mass is 79.9. The fourth-order valence-electron chi connectivity index (χ4n) is 1.57. The summed E-state index contributed by atoms with van der Waals surface area (Å²) in [6, 6.07) is 6.22. The molecule has 2 aromatic heterocycles. The molecule has 0 amide bonds. The van der Waals surface area contributed by atoms with E-state index in [1.807, 2.05) is 19.2 Å². The average molecular weight is 286 g/mol. The lowest BCUT2D eigenvalue weighted by atomic mass is 10.1. The fourth-order valence-corrected chi connectivity index (χ4v) is 2.62. The van der Waals surface area contributed by atoms with E-state index in [9.17, 15) is 0 Å². The normalized spacial score (nSPS) is 13.0. The van der Waals surface area contributed by atoms with E-state index >= 15 is 0 Å². The molecule has 2 rings (SSSR count). The molecule has 0 aliphatic heterocycles. The molecule has 0 fully saturated rings. The Labute approximate surface area is 101 Å². The Morgan fingerprint density at radius 2 is 2.27 bits per heavy atom. The SMILES string of the molecule is CNC(c1csc(C)c1)c1ccc(Br)o1. The van der Waals surface area contributed by atoms with Crippen LogP contribution in [-0.2, 0) is 0 Å². The first kappa shape index (κ1) is 10.9. The minimum atomic E-state index is 0.140. The van der Waals surface area contributed by atoms with Gasteiger partial charge in [-0.15, -0.1) is 11.3 Å². The van der Waals surface area contributed by atoms with Gasteiger partial charge in [-0.1, -0.05) is 0 Å². The minimum absolute atomic E-state index is 0.140. The summed E-state index contributed by atoms with van der Waals surface area (Å²) in [5.74, 6) is 0.933. The van der Waals surface area contributed by atoms with Crippen molar-refractivity contribution in [2.24, 2.45) is 0 Å². The van der Waals surface area contributed by atoms with Gasteiger partial charge in [0.25, 0.3) is 0 Å². The molecule has 0 aliphatic carbocycles. The zero-order valence-corrected chi connectivity index (χ0v) is 11.0. The van der Waals surface area contributed by atoms with Gasteiger partial charge in [0.2, 0.25) is 0 Å². The topological polar surface area (TPSA) is 25.2 Å². The van der Waals surface area contributed by atoms with Crippen molar-refractivity contribution in [3.05, 3.63) is 44.4 Å². The summed E-state index contributed by atoms with van der Waals surface area (Å²) in [7, 11) is 1.94. The predicted octanol–water partition coefficient (Wildman–Crippen LogP) is 3.72. The molecule has 2 nitrogen and oxygen atoms in total. The van der Waals surface area contributed by atoms with Crippen LogP contribution in [-0.4, -0.2) is 7.05 Å². The van der Waals surface area contributed by atoms with Gasteiger partial charge in [-0.3, -0.25) is 0 Å². The van der Waals surface area contributed by atoms with Crippen molar-refractivity contribution in [1.82, 2.24) is 5.32 Å². The molecule has 0 aliphatic rings. The van der Waals surface area contributed by atoms with Crippen LogP contribution in [0.25, 0.3) is 0 Å². The molecular formula is C11H12BrNOS. The second-order valence-electron chi connectivity index (χ2n) is 3.35. The second kappa shape index (κ2) is 4.51. The van der Waals surface area contributed by atoms with Crippen LogP contribution in [0.5, 0.6) is 0 Å². The number of furan rings is 1. The summed E-state index contributed by atoms with van der Waals surface area (Å²) >= 11 is 5.07. The Morgan fingerprint density at radius 3 is 2.73 bits per heavy atom. The van der Waals surface area contributed by atoms with E-state index in [0.717, 1.165) is 10.4 Å². The lowest BCUT2D eigenvalue weighted by molar-refractivity contribution is 0.447. The van der Waals surface area contributed by atoms with Crippen molar-refractivity contribution < 1.29 is 4.42 Å². The van der Waals surface area contributed by atoms with Crippen LogP contribution in [0.2, 0.25) is 0 Å². The van der Waals surface area contributed by atoms with E-state index in [0.29, 0.717) is 0 Å². The number of hydrogen-bond acceptors (Lipinski definition) is 3. The van der Waals surface area contributed by atoms with Crippen LogP contribution in [0.4, 0.5) is 0 Å². The van der Waals surface area contributed by atoms with Crippen molar-refractivity contribution in [3.8, 4) is 0 Å². The molecule has 15 heavy (non-hydrogen) atoms. The summed E-state index contributed by atoms with van der Waals surface area (Å²) < 4.78 is 6.33. The molecule has 2 aromatic rings. The monoisotopic (exact) mass is 285 g/mol. The summed E-state index contributed by atoms with van der Waals surface area (Å²) in [5.41, 5.74) is 1.25. The van der Waals surface area contributed by atoms with Crippen LogP contribution in [0.15, 0.2) is 32.7 Å². The van der Waals surface area contributed by atoms with Crippen molar-refractivity contribution in [2.75, 3.05) is 7.05 Å². The lowest BCUT2D eigenvalue weighted by Gasteiger charge is -2.11. The average Bonchev–Trinajstić information content (AvgIpc) is 2.78. The second-order valence-corrected chi connectivity index (χ2v) is 5.25. The molecule has 0 saturated heterocycles. The van der Waals surface area contributed by atoms with Crippen LogP contribution in [0, 0.1) is 6.92 Å². The highest BCUT2D eigenvalue weighted by Crippen LogP contribution is 2.28. The zero-order valence-electron chi connectivity index (χ0n) is 8.58. The molecule has 4 heteroatoms. The quantitative estimate of drug-likeness (QED) is 0.930. The highest BCUT2D eigenvalue weighted by molar-refractivity contribution is 9.10. The van der Waals surface area contributed by atoms with Crippen molar-refractivity contribution in [2.45, 2.75) is 13.0 Å². The standard InChI is InChI=1S/C11H12BrNOS/c1-7-5-8(6-15-7)11(13-2)9-3-4-10(12)14-9/h3-6,11,13H,1-2H3. The van der Waals surface area contributed by atoms with Crippen molar-refractivity contribution >= 4 is 27.3 Å². The first-order chi connectivity index (χ1) is 7.20. The van der Waals surface area contributed by atoms with E-state index in [1.165, 1.54) is 10.4 Å². The molecular weight excluding hydrogens is 274 g/mol. The third-order valence-electron chi connectivity index (χ3n) is 2.25. The zero-order chi connectivity index (χ0) is 10.8. The first-order valence-electron chi connectivity index (χ1n) is 4.68. The van der Waals surface area contributed by atoms with E-state index in [2.05, 4.69) is 39.6 Å². The molecule has 0 saturated carbocycles. The third kappa shape index (κ3) is 2.33. The number of thiophene rings is 1. The number of rotatable bonds is 3. The van der Waals surface area contributed by atoms with Crippen LogP contribution < -0.4 is 5.32 Å². The van der Waals surface area contributed by atoms with Gasteiger partial charge >= 0.3 is 0 Å². The van der Waals surface area contributed by atoms with Crippen molar-refractivity contribution in [1.29, 1.82) is 0 Å². The van der Waals surface area contributed by atoms with E-state index < -0.39 is 0 Å². The van der Waals surface area contributed by atoms with Crippen LogP contribution >= 0.6 is 27.3 Å². The Morgan fingerprint density at radius 1 is 1.47 bits per heavy atom. The van der Waals surface area contributed by atoms with E-state index in [4.69, 9.17) is 4.42 Å². The molecule has 0 radical (unpaired) electrons. The molecule has 80 valence electrons. The van der Waals surface area contributed by atoms with Gasteiger partial charge in [0.15, 0.2) is 4.67 Å². The molecule has 1 unspecified atom stereocenters. The predicted molar refractivity (Wildman–Crippen MR) is 66.4 cm³/mol. The summed E-state index contributed by atoms with van der Waals surface area (Å²) in [6.45, 7) is 2.11. The maximum Gasteiger partial charge on any atom is 0.169 e. The molecule has 0 spiro atoms. The van der Waals surface area contributed by atoms with Crippen LogP contribution in [0.3, 0.4) is 0 Å². The summed E-state index contributed by atoms with van der Waals surface area (Å²) in [6.07, 6.45) is 0. The van der Waals surface area contributed by atoms with Crippen molar-refractivity contribution in [3.63, 3.8) is 0 Å². The molecule has 1 atom stereocenters. The van der Waals surface area contributed by atoms with E-state index in [-0.39, 0.29) is 6.04 Å². The Balaban J connectivity index is 2.32. The van der Waals surface area contributed by atoms with Gasteiger partial charge in [-0.05, 0) is 59.0 Å². The number of hydrogen-bond donors (Lipinski definition) is 1. The molecule has 0 bridgehead atoms. The molecule has 0 aromatic carbocycles. The van der Waals surface area contributed by atoms with Gasteiger partial charge in [0, 0.05) is 4.88 Å². The van der Waals surface area contributed by atoms with Gasteiger partial charge in [-0.25, -0.2) is 0 Å². The van der Waals surface area contributed by atoms with Gasteiger partial charge < -0.3 is 9.73 Å². The molecule has 2 heterocycles. The van der Waals surface area contributed by atoms with Gasteiger partial charge in [0.1, 0.15) is 5.76 Å². The number of nitrogens with one attached hydrogen (secondary N) is 1. The maximum atomic E-state index is 5.56. The van der Waals surface area contributed by atoms with Gasteiger partial charge in [0.05, 0.1) is 6.04 Å².